The van der Waals surface area contributed by atoms with Gasteiger partial charge in [-0.05, 0) is 19.5 Å². The van der Waals surface area contributed by atoms with Crippen molar-refractivity contribution in [2.45, 2.75) is 24.9 Å². The van der Waals surface area contributed by atoms with Crippen LogP contribution in [0.25, 0.3) is 0 Å². The molecule has 1 aromatic rings. The minimum atomic E-state index is -0.0878. The molecule has 0 spiro atoms. The largest absolute Gasteiger partial charge is 0.302 e. The number of nitrogens with zero attached hydrogens (tertiary/aromatic N) is 3. The molecule has 82 valence electrons. The highest BCUT2D eigenvalue weighted by atomic mass is 32.2. The van der Waals surface area contributed by atoms with Crippen LogP contribution in [0.1, 0.15) is 12.6 Å². The third-order valence-electron chi connectivity index (χ3n) is 1.96. The SMILES string of the molecule is CCNC(C#N)CSc1cc(C)nn1C. The lowest BCUT2D eigenvalue weighted by atomic mass is 10.4. The highest BCUT2D eigenvalue weighted by molar-refractivity contribution is 7.99. The Morgan fingerprint density at radius 2 is 2.47 bits per heavy atom. The van der Waals surface area contributed by atoms with Gasteiger partial charge < -0.3 is 5.32 Å². The smallest absolute Gasteiger partial charge is 0.105 e. The number of rotatable bonds is 5. The van der Waals surface area contributed by atoms with Gasteiger partial charge in [0.05, 0.1) is 16.8 Å². The van der Waals surface area contributed by atoms with Crippen molar-refractivity contribution in [2.75, 3.05) is 12.3 Å². The molecular weight excluding hydrogens is 208 g/mol. The monoisotopic (exact) mass is 224 g/mol. The van der Waals surface area contributed by atoms with Crippen molar-refractivity contribution in [1.29, 1.82) is 5.26 Å². The summed E-state index contributed by atoms with van der Waals surface area (Å²) in [6, 6.07) is 4.18. The molecule has 0 aliphatic heterocycles. The molecule has 0 saturated heterocycles. The maximum absolute atomic E-state index is 8.86. The lowest BCUT2D eigenvalue weighted by molar-refractivity contribution is 0.670. The molecule has 1 heterocycles. The fourth-order valence-electron chi connectivity index (χ4n) is 1.28. The summed E-state index contributed by atoms with van der Waals surface area (Å²) in [5, 5.41) is 17.3. The van der Waals surface area contributed by atoms with Crippen molar-refractivity contribution in [3.63, 3.8) is 0 Å². The van der Waals surface area contributed by atoms with Crippen molar-refractivity contribution >= 4 is 11.8 Å². The van der Waals surface area contributed by atoms with Gasteiger partial charge in [-0.3, -0.25) is 4.68 Å². The first-order chi connectivity index (χ1) is 7.17. The zero-order chi connectivity index (χ0) is 11.3. The van der Waals surface area contributed by atoms with Crippen molar-refractivity contribution in [3.05, 3.63) is 11.8 Å². The predicted octanol–water partition coefficient (Wildman–Crippen LogP) is 1.32. The van der Waals surface area contributed by atoms with Gasteiger partial charge in [0.15, 0.2) is 0 Å². The van der Waals surface area contributed by atoms with E-state index in [0.29, 0.717) is 0 Å². The Kier molecular flexibility index (Phi) is 4.66. The molecule has 15 heavy (non-hydrogen) atoms. The molecule has 0 saturated carbocycles. The molecule has 0 aliphatic carbocycles. The van der Waals surface area contributed by atoms with Gasteiger partial charge in [0, 0.05) is 12.8 Å². The second-order valence-corrected chi connectivity index (χ2v) is 4.34. The minimum absolute atomic E-state index is 0.0878. The summed E-state index contributed by atoms with van der Waals surface area (Å²) in [7, 11) is 1.92. The highest BCUT2D eigenvalue weighted by Gasteiger charge is 2.08. The summed E-state index contributed by atoms with van der Waals surface area (Å²) in [4.78, 5) is 0. The van der Waals surface area contributed by atoms with Gasteiger partial charge in [-0.25, -0.2) is 0 Å². The van der Waals surface area contributed by atoms with Gasteiger partial charge in [0.1, 0.15) is 6.04 Å². The van der Waals surface area contributed by atoms with E-state index in [-0.39, 0.29) is 6.04 Å². The molecule has 0 bridgehead atoms. The van der Waals surface area contributed by atoms with Crippen molar-refractivity contribution in [2.24, 2.45) is 7.05 Å². The summed E-state index contributed by atoms with van der Waals surface area (Å²) in [5.41, 5.74) is 1.01. The number of hydrogen-bond donors (Lipinski definition) is 1. The predicted molar refractivity (Wildman–Crippen MR) is 61.7 cm³/mol. The standard InChI is InChI=1S/C10H16N4S/c1-4-12-9(6-11)7-15-10-5-8(2)13-14(10)3/h5,9,12H,4,7H2,1-3H3. The van der Waals surface area contributed by atoms with Crippen LogP contribution in [0.2, 0.25) is 0 Å². The van der Waals surface area contributed by atoms with Crippen LogP contribution in [0.3, 0.4) is 0 Å². The first-order valence-electron chi connectivity index (χ1n) is 4.93. The fraction of sp³-hybridized carbons (Fsp3) is 0.600. The number of aryl methyl sites for hydroxylation is 2. The molecule has 1 unspecified atom stereocenters. The maximum atomic E-state index is 8.86. The Balaban J connectivity index is 2.49. The van der Waals surface area contributed by atoms with E-state index < -0.39 is 0 Å². The second-order valence-electron chi connectivity index (χ2n) is 3.30. The van der Waals surface area contributed by atoms with Gasteiger partial charge in [0.2, 0.25) is 0 Å². The average Bonchev–Trinajstić information content (AvgIpc) is 2.52. The van der Waals surface area contributed by atoms with Crippen molar-refractivity contribution < 1.29 is 0 Å². The molecule has 4 nitrogen and oxygen atoms in total. The average molecular weight is 224 g/mol. The molecule has 0 aliphatic rings. The Labute approximate surface area is 94.7 Å². The van der Waals surface area contributed by atoms with Crippen LogP contribution in [-0.2, 0) is 7.05 Å². The zero-order valence-corrected chi connectivity index (χ0v) is 10.1. The van der Waals surface area contributed by atoms with Crippen LogP contribution in [0.15, 0.2) is 11.1 Å². The van der Waals surface area contributed by atoms with Gasteiger partial charge >= 0.3 is 0 Å². The Morgan fingerprint density at radius 1 is 1.73 bits per heavy atom. The van der Waals surface area contributed by atoms with Crippen LogP contribution < -0.4 is 5.32 Å². The van der Waals surface area contributed by atoms with Crippen LogP contribution in [0.4, 0.5) is 0 Å². The summed E-state index contributed by atoms with van der Waals surface area (Å²) in [6.45, 7) is 4.79. The second kappa shape index (κ2) is 5.79. The fourth-order valence-corrected chi connectivity index (χ4v) is 2.29. The third-order valence-corrected chi connectivity index (χ3v) is 3.14. The molecular formula is C10H16N4S. The molecule has 1 N–H and O–H groups in total. The van der Waals surface area contributed by atoms with E-state index in [4.69, 9.17) is 5.26 Å². The first kappa shape index (κ1) is 12.1. The molecule has 0 fully saturated rings. The van der Waals surface area contributed by atoms with Gasteiger partial charge in [-0.15, -0.1) is 11.8 Å². The molecule has 0 amide bonds. The number of aromatic nitrogens is 2. The van der Waals surface area contributed by atoms with E-state index in [1.807, 2.05) is 31.6 Å². The topological polar surface area (TPSA) is 53.6 Å². The summed E-state index contributed by atoms with van der Waals surface area (Å²) in [5.74, 6) is 0.753. The van der Waals surface area contributed by atoms with Gasteiger partial charge in [-0.1, -0.05) is 6.92 Å². The van der Waals surface area contributed by atoms with Crippen LogP contribution in [-0.4, -0.2) is 28.1 Å². The normalized spacial score (nSPS) is 12.4. The van der Waals surface area contributed by atoms with Gasteiger partial charge in [-0.2, -0.15) is 10.4 Å². The van der Waals surface area contributed by atoms with E-state index in [9.17, 15) is 0 Å². The molecule has 1 atom stereocenters. The molecule has 5 heteroatoms. The Morgan fingerprint density at radius 3 is 2.93 bits per heavy atom. The summed E-state index contributed by atoms with van der Waals surface area (Å²) < 4.78 is 1.85. The van der Waals surface area contributed by atoms with Crippen LogP contribution >= 0.6 is 11.8 Å². The number of hydrogen-bond acceptors (Lipinski definition) is 4. The molecule has 0 radical (unpaired) electrons. The minimum Gasteiger partial charge on any atom is -0.302 e. The van der Waals surface area contributed by atoms with Crippen molar-refractivity contribution in [3.8, 4) is 6.07 Å². The lowest BCUT2D eigenvalue weighted by Crippen LogP contribution is -2.29. The Hall–Kier alpha value is -0.990. The first-order valence-corrected chi connectivity index (χ1v) is 5.92. The van der Waals surface area contributed by atoms with E-state index in [1.54, 1.807) is 11.8 Å². The highest BCUT2D eigenvalue weighted by Crippen LogP contribution is 2.18. The lowest BCUT2D eigenvalue weighted by Gasteiger charge is -2.08. The molecule has 1 rings (SSSR count). The van der Waals surface area contributed by atoms with E-state index in [1.165, 1.54) is 0 Å². The quantitative estimate of drug-likeness (QED) is 0.766. The third kappa shape index (κ3) is 3.57. The maximum Gasteiger partial charge on any atom is 0.105 e. The van der Waals surface area contributed by atoms with E-state index in [2.05, 4.69) is 16.5 Å². The van der Waals surface area contributed by atoms with Crippen molar-refractivity contribution in [1.82, 2.24) is 15.1 Å². The number of nitrogens with one attached hydrogen (secondary N) is 1. The zero-order valence-electron chi connectivity index (χ0n) is 9.32. The van der Waals surface area contributed by atoms with E-state index >= 15 is 0 Å². The summed E-state index contributed by atoms with van der Waals surface area (Å²) >= 11 is 1.66. The molecule has 1 aromatic heterocycles. The van der Waals surface area contributed by atoms with Gasteiger partial charge in [0.25, 0.3) is 0 Å². The summed E-state index contributed by atoms with van der Waals surface area (Å²) in [6.07, 6.45) is 0. The van der Waals surface area contributed by atoms with Crippen LogP contribution in [0.5, 0.6) is 0 Å². The van der Waals surface area contributed by atoms with E-state index in [0.717, 1.165) is 23.0 Å². The van der Waals surface area contributed by atoms with Crippen LogP contribution in [0, 0.1) is 18.3 Å². The number of thioether (sulfide) groups is 1. The number of nitriles is 1. The molecule has 0 aromatic carbocycles. The Bertz CT molecular complexity index is 353.